The van der Waals surface area contributed by atoms with Crippen LogP contribution in [0.15, 0.2) is 35.8 Å². The number of nitrogens with one attached hydrogen (secondary N) is 1. The summed E-state index contributed by atoms with van der Waals surface area (Å²) >= 11 is 1.36. The predicted molar refractivity (Wildman–Crippen MR) is 70.6 cm³/mol. The highest BCUT2D eigenvalue weighted by Crippen LogP contribution is 2.13. The first-order valence-corrected chi connectivity index (χ1v) is 6.27. The predicted octanol–water partition coefficient (Wildman–Crippen LogP) is 1.62. The van der Waals surface area contributed by atoms with E-state index in [2.05, 4.69) is 10.3 Å². The molecule has 1 heterocycles. The van der Waals surface area contributed by atoms with Crippen LogP contribution in [0.1, 0.15) is 5.56 Å². The molecular formula is C12H13N3O2S. The van der Waals surface area contributed by atoms with Gasteiger partial charge in [-0.2, -0.15) is 0 Å². The van der Waals surface area contributed by atoms with E-state index in [9.17, 15) is 4.79 Å². The number of carbonyl (C=O) groups excluding carboxylic acids is 1. The lowest BCUT2D eigenvalue weighted by atomic mass is 10.2. The van der Waals surface area contributed by atoms with E-state index in [0.717, 1.165) is 5.56 Å². The summed E-state index contributed by atoms with van der Waals surface area (Å²) in [5.74, 6) is 0.398. The van der Waals surface area contributed by atoms with E-state index in [-0.39, 0.29) is 12.5 Å². The molecule has 6 heteroatoms. The fourth-order valence-corrected chi connectivity index (χ4v) is 1.90. The molecule has 3 N–H and O–H groups in total. The van der Waals surface area contributed by atoms with Gasteiger partial charge in [-0.25, -0.2) is 4.98 Å². The Morgan fingerprint density at radius 3 is 3.11 bits per heavy atom. The van der Waals surface area contributed by atoms with Crippen LogP contribution in [0.5, 0.6) is 5.75 Å². The molecule has 0 saturated carbocycles. The van der Waals surface area contributed by atoms with Crippen LogP contribution in [0.25, 0.3) is 0 Å². The second kappa shape index (κ2) is 6.13. The Hall–Kier alpha value is -1.92. The number of nitrogens with two attached hydrogens (primary N) is 1. The van der Waals surface area contributed by atoms with E-state index >= 15 is 0 Å². The van der Waals surface area contributed by atoms with Gasteiger partial charge in [0.1, 0.15) is 5.75 Å². The van der Waals surface area contributed by atoms with Gasteiger partial charge in [0.25, 0.3) is 5.91 Å². The number of aromatic nitrogens is 1. The van der Waals surface area contributed by atoms with Crippen LogP contribution >= 0.6 is 11.3 Å². The summed E-state index contributed by atoms with van der Waals surface area (Å²) in [6.07, 6.45) is 1.63. The van der Waals surface area contributed by atoms with E-state index in [0.29, 0.717) is 17.4 Å². The van der Waals surface area contributed by atoms with Crippen molar-refractivity contribution in [2.24, 2.45) is 5.73 Å². The maximum atomic E-state index is 11.5. The summed E-state index contributed by atoms with van der Waals surface area (Å²) in [4.78, 5) is 15.5. The maximum absolute atomic E-state index is 11.5. The molecule has 1 aromatic carbocycles. The van der Waals surface area contributed by atoms with Crippen LogP contribution < -0.4 is 15.8 Å². The molecule has 0 aliphatic rings. The fourth-order valence-electron chi connectivity index (χ4n) is 1.35. The first-order valence-electron chi connectivity index (χ1n) is 5.39. The Bertz CT molecular complexity index is 514. The highest BCUT2D eigenvalue weighted by molar-refractivity contribution is 7.13. The van der Waals surface area contributed by atoms with Crippen molar-refractivity contribution in [3.05, 3.63) is 41.4 Å². The summed E-state index contributed by atoms with van der Waals surface area (Å²) in [6, 6.07) is 7.35. The third-order valence-electron chi connectivity index (χ3n) is 2.18. The van der Waals surface area contributed by atoms with Gasteiger partial charge in [0.05, 0.1) is 0 Å². The smallest absolute Gasteiger partial charge is 0.264 e. The molecule has 18 heavy (non-hydrogen) atoms. The second-order valence-electron chi connectivity index (χ2n) is 3.53. The third-order valence-corrected chi connectivity index (χ3v) is 2.87. The van der Waals surface area contributed by atoms with Crippen molar-refractivity contribution in [3.8, 4) is 5.75 Å². The number of carbonyl (C=O) groups is 1. The Morgan fingerprint density at radius 1 is 1.50 bits per heavy atom. The lowest BCUT2D eigenvalue weighted by molar-refractivity contribution is -0.118. The van der Waals surface area contributed by atoms with Crippen molar-refractivity contribution >= 4 is 22.4 Å². The molecule has 94 valence electrons. The van der Waals surface area contributed by atoms with Crippen LogP contribution in [0, 0.1) is 0 Å². The number of benzene rings is 1. The molecule has 1 amide bonds. The average Bonchev–Trinajstić information content (AvgIpc) is 2.89. The van der Waals surface area contributed by atoms with E-state index < -0.39 is 0 Å². The minimum absolute atomic E-state index is 0.0480. The summed E-state index contributed by atoms with van der Waals surface area (Å²) in [5, 5.41) is 5.00. The quantitative estimate of drug-likeness (QED) is 0.859. The van der Waals surface area contributed by atoms with Crippen molar-refractivity contribution in [1.82, 2.24) is 4.98 Å². The van der Waals surface area contributed by atoms with Crippen LogP contribution in [0.2, 0.25) is 0 Å². The SMILES string of the molecule is NCc1cccc(OCC(=O)Nc2nccs2)c1. The van der Waals surface area contributed by atoms with Gasteiger partial charge in [-0.15, -0.1) is 11.3 Å². The minimum Gasteiger partial charge on any atom is -0.484 e. The summed E-state index contributed by atoms with van der Waals surface area (Å²) in [7, 11) is 0. The maximum Gasteiger partial charge on any atom is 0.264 e. The molecule has 0 aliphatic carbocycles. The molecule has 5 nitrogen and oxygen atoms in total. The van der Waals surface area contributed by atoms with E-state index in [4.69, 9.17) is 10.5 Å². The minimum atomic E-state index is -0.233. The van der Waals surface area contributed by atoms with Gasteiger partial charge < -0.3 is 10.5 Å². The van der Waals surface area contributed by atoms with Gasteiger partial charge in [-0.05, 0) is 17.7 Å². The van der Waals surface area contributed by atoms with Gasteiger partial charge in [-0.3, -0.25) is 10.1 Å². The van der Waals surface area contributed by atoms with Gasteiger partial charge >= 0.3 is 0 Å². The van der Waals surface area contributed by atoms with E-state index in [1.165, 1.54) is 11.3 Å². The highest BCUT2D eigenvalue weighted by atomic mass is 32.1. The lowest BCUT2D eigenvalue weighted by Gasteiger charge is -2.06. The number of ether oxygens (including phenoxy) is 1. The van der Waals surface area contributed by atoms with Gasteiger partial charge in [0.15, 0.2) is 11.7 Å². The lowest BCUT2D eigenvalue weighted by Crippen LogP contribution is -2.20. The number of thiazole rings is 1. The van der Waals surface area contributed by atoms with Crippen molar-refractivity contribution in [1.29, 1.82) is 0 Å². The zero-order valence-electron chi connectivity index (χ0n) is 9.63. The first-order chi connectivity index (χ1) is 8.78. The molecule has 0 saturated heterocycles. The Balaban J connectivity index is 1.85. The van der Waals surface area contributed by atoms with Crippen molar-refractivity contribution in [3.63, 3.8) is 0 Å². The molecule has 0 aliphatic heterocycles. The van der Waals surface area contributed by atoms with E-state index in [1.54, 1.807) is 17.6 Å². The Morgan fingerprint density at radius 2 is 2.39 bits per heavy atom. The molecule has 1 aromatic heterocycles. The van der Waals surface area contributed by atoms with Crippen LogP contribution in [-0.2, 0) is 11.3 Å². The molecule has 0 spiro atoms. The van der Waals surface area contributed by atoms with Crippen molar-refractivity contribution in [2.75, 3.05) is 11.9 Å². The van der Waals surface area contributed by atoms with Crippen molar-refractivity contribution < 1.29 is 9.53 Å². The molecule has 0 atom stereocenters. The first kappa shape index (κ1) is 12.5. The number of nitrogens with zero attached hydrogens (tertiary/aromatic N) is 1. The molecule has 0 unspecified atom stereocenters. The number of amides is 1. The number of rotatable bonds is 5. The molecule has 2 aromatic rings. The van der Waals surface area contributed by atoms with Crippen LogP contribution in [0.3, 0.4) is 0 Å². The standard InChI is InChI=1S/C12H13N3O2S/c13-7-9-2-1-3-10(6-9)17-8-11(16)15-12-14-4-5-18-12/h1-6H,7-8,13H2,(H,14,15,16). The van der Waals surface area contributed by atoms with Gasteiger partial charge in [-0.1, -0.05) is 12.1 Å². The zero-order chi connectivity index (χ0) is 12.8. The van der Waals surface area contributed by atoms with Crippen molar-refractivity contribution in [2.45, 2.75) is 6.54 Å². The molecule has 0 fully saturated rings. The Labute approximate surface area is 109 Å². The number of hydrogen-bond donors (Lipinski definition) is 2. The van der Waals surface area contributed by atoms with Gasteiger partial charge in [0.2, 0.25) is 0 Å². The highest BCUT2D eigenvalue weighted by Gasteiger charge is 2.05. The third kappa shape index (κ3) is 3.54. The Kier molecular flexibility index (Phi) is 4.27. The van der Waals surface area contributed by atoms with Crippen LogP contribution in [-0.4, -0.2) is 17.5 Å². The fraction of sp³-hybridized carbons (Fsp3) is 0.167. The van der Waals surface area contributed by atoms with Gasteiger partial charge in [0, 0.05) is 18.1 Å². The monoisotopic (exact) mass is 263 g/mol. The molecule has 0 bridgehead atoms. The normalized spacial score (nSPS) is 10.1. The molecular weight excluding hydrogens is 250 g/mol. The largest absolute Gasteiger partial charge is 0.484 e. The summed E-state index contributed by atoms with van der Waals surface area (Å²) in [6.45, 7) is 0.399. The summed E-state index contributed by atoms with van der Waals surface area (Å²) in [5.41, 5.74) is 6.49. The van der Waals surface area contributed by atoms with E-state index in [1.807, 2.05) is 18.2 Å². The zero-order valence-corrected chi connectivity index (χ0v) is 10.4. The van der Waals surface area contributed by atoms with Crippen LogP contribution in [0.4, 0.5) is 5.13 Å². The summed E-state index contributed by atoms with van der Waals surface area (Å²) < 4.78 is 5.37. The number of anilines is 1. The topological polar surface area (TPSA) is 77.2 Å². The number of hydrogen-bond acceptors (Lipinski definition) is 5. The molecule has 2 rings (SSSR count). The second-order valence-corrected chi connectivity index (χ2v) is 4.42. The molecule has 0 radical (unpaired) electrons. The average molecular weight is 263 g/mol.